The van der Waals surface area contributed by atoms with Crippen LogP contribution in [0.15, 0.2) is 49.1 Å². The molecule has 144 valence electrons. The number of rotatable bonds is 5. The first-order chi connectivity index (χ1) is 13.6. The number of nitrogens with two attached hydrogens (primary N) is 1. The molecule has 3 aromatic rings. The number of amides is 1. The number of carbonyl (C=O) groups is 1. The average Bonchev–Trinajstić information content (AvgIpc) is 3.13. The number of primary amides is 1. The fraction of sp³-hybridized carbons (Fsp3) is 0.333. The summed E-state index contributed by atoms with van der Waals surface area (Å²) < 4.78 is 1.84. The van der Waals surface area contributed by atoms with Gasteiger partial charge in [0.15, 0.2) is 0 Å². The van der Waals surface area contributed by atoms with Crippen LogP contribution in [0.1, 0.15) is 40.4 Å². The third-order valence-corrected chi connectivity index (χ3v) is 5.20. The van der Waals surface area contributed by atoms with Gasteiger partial charge in [-0.05, 0) is 31.5 Å². The van der Waals surface area contributed by atoms with Gasteiger partial charge in [-0.3, -0.25) is 24.3 Å². The van der Waals surface area contributed by atoms with Crippen LogP contribution in [-0.2, 0) is 13.6 Å². The summed E-state index contributed by atoms with van der Waals surface area (Å²) in [6.07, 6.45) is 9.62. The molecule has 2 N–H and O–H groups in total. The molecular formula is C21H24N6O. The Morgan fingerprint density at radius 3 is 2.93 bits per heavy atom. The summed E-state index contributed by atoms with van der Waals surface area (Å²) in [5.74, 6) is -0.140. The van der Waals surface area contributed by atoms with Crippen molar-refractivity contribution < 1.29 is 4.79 Å². The highest BCUT2D eigenvalue weighted by Gasteiger charge is 2.25. The molecule has 3 heterocycles. The van der Waals surface area contributed by atoms with E-state index in [0.717, 1.165) is 49.4 Å². The van der Waals surface area contributed by atoms with Gasteiger partial charge < -0.3 is 5.73 Å². The molecular weight excluding hydrogens is 352 g/mol. The van der Waals surface area contributed by atoms with E-state index in [0.29, 0.717) is 11.5 Å². The van der Waals surface area contributed by atoms with Gasteiger partial charge in [-0.25, -0.2) is 0 Å². The Bertz CT molecular complexity index is 982. The van der Waals surface area contributed by atoms with Crippen LogP contribution < -0.4 is 5.73 Å². The Morgan fingerprint density at radius 1 is 1.29 bits per heavy atom. The van der Waals surface area contributed by atoms with Gasteiger partial charge in [-0.15, -0.1) is 0 Å². The number of aromatic nitrogens is 4. The number of carbonyl (C=O) groups excluding carboxylic acids is 1. The second-order valence-corrected chi connectivity index (χ2v) is 7.33. The monoisotopic (exact) mass is 376 g/mol. The van der Waals surface area contributed by atoms with E-state index in [-0.39, 0.29) is 0 Å². The van der Waals surface area contributed by atoms with Gasteiger partial charge in [0.05, 0.1) is 17.6 Å². The maximum atomic E-state index is 11.6. The number of benzene rings is 1. The molecule has 2 aromatic heterocycles. The molecule has 0 saturated carbocycles. The van der Waals surface area contributed by atoms with Crippen molar-refractivity contribution in [2.75, 3.05) is 13.1 Å². The lowest BCUT2D eigenvalue weighted by Gasteiger charge is -2.32. The average molecular weight is 376 g/mol. The predicted octanol–water partition coefficient (Wildman–Crippen LogP) is 2.36. The van der Waals surface area contributed by atoms with Gasteiger partial charge in [0.25, 0.3) is 0 Å². The van der Waals surface area contributed by atoms with Crippen molar-refractivity contribution in [2.24, 2.45) is 12.8 Å². The molecule has 0 radical (unpaired) electrons. The third-order valence-electron chi connectivity index (χ3n) is 5.20. The lowest BCUT2D eigenvalue weighted by Crippen LogP contribution is -2.34. The van der Waals surface area contributed by atoms with Crippen LogP contribution in [-0.4, -0.2) is 43.6 Å². The smallest absolute Gasteiger partial charge is 0.248 e. The fourth-order valence-electron chi connectivity index (χ4n) is 3.92. The maximum Gasteiger partial charge on any atom is 0.248 e. The van der Waals surface area contributed by atoms with E-state index in [1.165, 1.54) is 5.56 Å². The molecule has 7 nitrogen and oxygen atoms in total. The number of piperidine rings is 1. The molecule has 1 fully saturated rings. The van der Waals surface area contributed by atoms with Crippen LogP contribution in [0.3, 0.4) is 0 Å². The highest BCUT2D eigenvalue weighted by Crippen LogP contribution is 2.32. The Morgan fingerprint density at radius 2 is 2.14 bits per heavy atom. The number of likely N-dealkylation sites (tertiary alicyclic amines) is 1. The fourth-order valence-corrected chi connectivity index (χ4v) is 3.92. The van der Waals surface area contributed by atoms with E-state index in [1.807, 2.05) is 30.1 Å². The highest BCUT2D eigenvalue weighted by atomic mass is 16.1. The molecule has 4 rings (SSSR count). The van der Waals surface area contributed by atoms with Crippen molar-refractivity contribution >= 4 is 5.91 Å². The Hall–Kier alpha value is -3.06. The van der Waals surface area contributed by atoms with Gasteiger partial charge in [-0.2, -0.15) is 5.10 Å². The summed E-state index contributed by atoms with van der Waals surface area (Å²) in [7, 11) is 1.94. The minimum Gasteiger partial charge on any atom is -0.366 e. The van der Waals surface area contributed by atoms with Gasteiger partial charge >= 0.3 is 0 Å². The Kier molecular flexibility index (Phi) is 5.16. The van der Waals surface area contributed by atoms with Gasteiger partial charge in [-0.1, -0.05) is 12.1 Å². The van der Waals surface area contributed by atoms with E-state index >= 15 is 0 Å². The summed E-state index contributed by atoms with van der Waals surface area (Å²) >= 11 is 0. The van der Waals surface area contributed by atoms with Gasteiger partial charge in [0.2, 0.25) is 5.91 Å². The van der Waals surface area contributed by atoms with Crippen molar-refractivity contribution in [1.82, 2.24) is 24.6 Å². The Labute approximate surface area is 164 Å². The molecule has 0 spiro atoms. The van der Waals surface area contributed by atoms with Crippen molar-refractivity contribution in [3.05, 3.63) is 65.9 Å². The van der Waals surface area contributed by atoms with E-state index in [1.54, 1.807) is 24.5 Å². The molecule has 1 amide bonds. The minimum absolute atomic E-state index is 0.298. The number of hydrogen-bond donors (Lipinski definition) is 1. The van der Waals surface area contributed by atoms with Crippen molar-refractivity contribution in [3.8, 4) is 11.3 Å². The van der Waals surface area contributed by atoms with E-state index in [4.69, 9.17) is 5.73 Å². The van der Waals surface area contributed by atoms with Crippen LogP contribution in [0.4, 0.5) is 0 Å². The molecule has 0 unspecified atom stereocenters. The van der Waals surface area contributed by atoms with Crippen LogP contribution in [0.5, 0.6) is 0 Å². The lowest BCUT2D eigenvalue weighted by molar-refractivity contribution is 0.100. The van der Waals surface area contributed by atoms with Crippen LogP contribution in [0, 0.1) is 0 Å². The van der Waals surface area contributed by atoms with Crippen LogP contribution in [0.25, 0.3) is 11.3 Å². The summed E-state index contributed by atoms with van der Waals surface area (Å²) in [5, 5.41) is 4.27. The maximum absolute atomic E-state index is 11.6. The lowest BCUT2D eigenvalue weighted by atomic mass is 9.91. The van der Waals surface area contributed by atoms with E-state index < -0.39 is 5.91 Å². The first-order valence-corrected chi connectivity index (χ1v) is 9.51. The normalized spacial score (nSPS) is 17.5. The number of hydrogen-bond acceptors (Lipinski definition) is 5. The summed E-state index contributed by atoms with van der Waals surface area (Å²) in [6, 6.07) is 7.31. The zero-order valence-corrected chi connectivity index (χ0v) is 16.0. The molecule has 1 aliphatic rings. The third kappa shape index (κ3) is 3.94. The second kappa shape index (κ2) is 7.90. The van der Waals surface area contributed by atoms with Gasteiger partial charge in [0, 0.05) is 61.3 Å². The SMILES string of the molecule is Cn1cc(CN2CCC[C@@H](c3nccnc3-c3cccc(C(N)=O)c3)C2)cn1. The first kappa shape index (κ1) is 18.3. The zero-order valence-electron chi connectivity index (χ0n) is 16.0. The van der Waals surface area contributed by atoms with Crippen molar-refractivity contribution in [1.29, 1.82) is 0 Å². The van der Waals surface area contributed by atoms with E-state index in [2.05, 4.69) is 26.2 Å². The molecule has 1 atom stereocenters. The summed E-state index contributed by atoms with van der Waals surface area (Å²) in [5.41, 5.74) is 9.84. The predicted molar refractivity (Wildman–Crippen MR) is 106 cm³/mol. The van der Waals surface area contributed by atoms with Crippen molar-refractivity contribution in [3.63, 3.8) is 0 Å². The molecule has 28 heavy (non-hydrogen) atoms. The zero-order chi connectivity index (χ0) is 19.5. The molecule has 1 saturated heterocycles. The largest absolute Gasteiger partial charge is 0.366 e. The standard InChI is InChI=1S/C21H24N6O/c1-26-12-15(11-25-26)13-27-9-3-6-18(14-27)20-19(23-7-8-24-20)16-4-2-5-17(10-16)21(22)28/h2,4-5,7-8,10-12,18H,3,6,9,13-14H2,1H3,(H2,22,28)/t18-/m1/s1. The molecule has 7 heteroatoms. The number of aryl methyl sites for hydroxylation is 1. The summed E-state index contributed by atoms with van der Waals surface area (Å²) in [4.78, 5) is 23.3. The molecule has 0 aliphatic carbocycles. The molecule has 1 aromatic carbocycles. The van der Waals surface area contributed by atoms with Crippen LogP contribution in [0.2, 0.25) is 0 Å². The van der Waals surface area contributed by atoms with E-state index in [9.17, 15) is 4.79 Å². The van der Waals surface area contributed by atoms with Crippen molar-refractivity contribution in [2.45, 2.75) is 25.3 Å². The minimum atomic E-state index is -0.437. The van der Waals surface area contributed by atoms with Gasteiger partial charge in [0.1, 0.15) is 0 Å². The number of nitrogens with zero attached hydrogens (tertiary/aromatic N) is 5. The molecule has 0 bridgehead atoms. The van der Waals surface area contributed by atoms with Crippen LogP contribution >= 0.6 is 0 Å². The highest BCUT2D eigenvalue weighted by molar-refractivity contribution is 5.94. The molecule has 1 aliphatic heterocycles. The summed E-state index contributed by atoms with van der Waals surface area (Å²) in [6.45, 7) is 2.88. The topological polar surface area (TPSA) is 89.9 Å². The Balaban J connectivity index is 1.59. The second-order valence-electron chi connectivity index (χ2n) is 7.33. The quantitative estimate of drug-likeness (QED) is 0.738. The first-order valence-electron chi connectivity index (χ1n) is 9.51.